The molecule has 0 aliphatic rings. The van der Waals surface area contributed by atoms with Crippen molar-refractivity contribution in [3.63, 3.8) is 0 Å². The summed E-state index contributed by atoms with van der Waals surface area (Å²) in [5.41, 5.74) is 7.26. The number of fused-ring (bicyclic) bond motifs is 1. The maximum absolute atomic E-state index is 13.0. The van der Waals surface area contributed by atoms with Crippen LogP contribution in [0.15, 0.2) is 97.1 Å². The molecule has 0 fully saturated rings. The van der Waals surface area contributed by atoms with Gasteiger partial charge in [-0.3, -0.25) is 9.69 Å². The SMILES string of the molecule is CCN(Cc1ccc(NC(=O)c2ccc(Nc3nc(-c4ccccc4)c4ccccc4n3)cc2)c(C)c1)C(C)C. The van der Waals surface area contributed by atoms with Crippen LogP contribution in [0.3, 0.4) is 0 Å². The highest BCUT2D eigenvalue weighted by Gasteiger charge is 2.13. The number of hydrogen-bond acceptors (Lipinski definition) is 5. The number of carbonyl (C=O) groups is 1. The van der Waals surface area contributed by atoms with Crippen LogP contribution in [0.4, 0.5) is 17.3 Å². The molecule has 5 aromatic rings. The monoisotopic (exact) mass is 529 g/mol. The fraction of sp³-hybridized carbons (Fsp3) is 0.206. The summed E-state index contributed by atoms with van der Waals surface area (Å²) in [6, 6.07) is 32.2. The molecule has 1 amide bonds. The Bertz CT molecular complexity index is 1610. The Kier molecular flexibility index (Phi) is 8.18. The van der Waals surface area contributed by atoms with E-state index in [-0.39, 0.29) is 5.91 Å². The molecule has 0 aliphatic heterocycles. The molecule has 0 spiro atoms. The van der Waals surface area contributed by atoms with E-state index in [1.807, 2.05) is 91.9 Å². The molecule has 0 bridgehead atoms. The number of aromatic nitrogens is 2. The number of nitrogens with one attached hydrogen (secondary N) is 2. The first-order chi connectivity index (χ1) is 19.4. The lowest BCUT2D eigenvalue weighted by Gasteiger charge is -2.25. The quantitative estimate of drug-likeness (QED) is 0.204. The predicted molar refractivity (Wildman–Crippen MR) is 165 cm³/mol. The Morgan fingerprint density at radius 1 is 0.875 bits per heavy atom. The maximum atomic E-state index is 13.0. The van der Waals surface area contributed by atoms with E-state index >= 15 is 0 Å². The van der Waals surface area contributed by atoms with Crippen LogP contribution in [0.5, 0.6) is 0 Å². The Morgan fingerprint density at radius 2 is 1.60 bits per heavy atom. The minimum absolute atomic E-state index is 0.145. The lowest BCUT2D eigenvalue weighted by Crippen LogP contribution is -2.29. The molecule has 0 saturated carbocycles. The molecule has 0 aliphatic carbocycles. The summed E-state index contributed by atoms with van der Waals surface area (Å²) in [7, 11) is 0. The van der Waals surface area contributed by atoms with Crippen molar-refractivity contribution in [2.24, 2.45) is 0 Å². The molecule has 1 aromatic heterocycles. The lowest BCUT2D eigenvalue weighted by atomic mass is 10.1. The van der Waals surface area contributed by atoms with E-state index in [9.17, 15) is 4.79 Å². The Labute approximate surface area is 236 Å². The van der Waals surface area contributed by atoms with E-state index in [1.165, 1.54) is 5.56 Å². The van der Waals surface area contributed by atoms with Crippen molar-refractivity contribution in [1.82, 2.24) is 14.9 Å². The maximum Gasteiger partial charge on any atom is 0.255 e. The van der Waals surface area contributed by atoms with Gasteiger partial charge in [-0.05, 0) is 74.8 Å². The first-order valence-electron chi connectivity index (χ1n) is 13.8. The number of carbonyl (C=O) groups excluding carboxylic acids is 1. The van der Waals surface area contributed by atoms with E-state index < -0.39 is 0 Å². The zero-order valence-corrected chi connectivity index (χ0v) is 23.5. The van der Waals surface area contributed by atoms with E-state index in [1.54, 1.807) is 0 Å². The summed E-state index contributed by atoms with van der Waals surface area (Å²) in [4.78, 5) is 25.0. The normalized spacial score (nSPS) is 11.2. The first-order valence-corrected chi connectivity index (χ1v) is 13.8. The molecule has 6 nitrogen and oxygen atoms in total. The molecule has 4 aromatic carbocycles. The summed E-state index contributed by atoms with van der Waals surface area (Å²) in [6.07, 6.45) is 0. The largest absolute Gasteiger partial charge is 0.324 e. The third-order valence-electron chi connectivity index (χ3n) is 7.11. The highest BCUT2D eigenvalue weighted by atomic mass is 16.1. The summed E-state index contributed by atoms with van der Waals surface area (Å²) in [5, 5.41) is 7.37. The molecule has 202 valence electrons. The molecule has 40 heavy (non-hydrogen) atoms. The van der Waals surface area contributed by atoms with Gasteiger partial charge in [-0.2, -0.15) is 0 Å². The summed E-state index contributed by atoms with van der Waals surface area (Å²) in [6.45, 7) is 10.5. The standard InChI is InChI=1S/C34H35N5O/c1-5-39(23(2)3)22-25-15-20-30(24(4)21-25)36-33(40)27-16-18-28(19-17-27)35-34-37-31-14-10-9-13-29(31)32(38-34)26-11-7-6-8-12-26/h6-21,23H,5,22H2,1-4H3,(H,36,40)(H,35,37,38). The molecule has 5 rings (SSSR count). The second kappa shape index (κ2) is 12.1. The first kappa shape index (κ1) is 27.0. The molecule has 0 saturated heterocycles. The van der Waals surface area contributed by atoms with Gasteiger partial charge in [0.1, 0.15) is 0 Å². The number of anilines is 3. The zero-order valence-electron chi connectivity index (χ0n) is 23.5. The van der Waals surface area contributed by atoms with Crippen LogP contribution in [0.2, 0.25) is 0 Å². The fourth-order valence-electron chi connectivity index (χ4n) is 4.84. The van der Waals surface area contributed by atoms with Crippen LogP contribution < -0.4 is 10.6 Å². The van der Waals surface area contributed by atoms with Gasteiger partial charge >= 0.3 is 0 Å². The number of rotatable bonds is 9. The second-order valence-corrected chi connectivity index (χ2v) is 10.2. The van der Waals surface area contributed by atoms with Gasteiger partial charge in [-0.25, -0.2) is 9.97 Å². The van der Waals surface area contributed by atoms with Crippen molar-refractivity contribution in [2.75, 3.05) is 17.2 Å². The van der Waals surface area contributed by atoms with Gasteiger partial charge in [0, 0.05) is 40.5 Å². The van der Waals surface area contributed by atoms with Crippen LogP contribution in [-0.4, -0.2) is 33.4 Å². The number of para-hydroxylation sites is 1. The minimum atomic E-state index is -0.145. The van der Waals surface area contributed by atoms with Crippen molar-refractivity contribution < 1.29 is 4.79 Å². The topological polar surface area (TPSA) is 70.2 Å². The summed E-state index contributed by atoms with van der Waals surface area (Å²) in [5.74, 6) is 0.359. The van der Waals surface area contributed by atoms with Crippen LogP contribution >= 0.6 is 0 Å². The van der Waals surface area contributed by atoms with Gasteiger partial charge in [0.15, 0.2) is 0 Å². The van der Waals surface area contributed by atoms with Crippen molar-refractivity contribution in [1.29, 1.82) is 0 Å². The van der Waals surface area contributed by atoms with Crippen LogP contribution in [-0.2, 0) is 6.54 Å². The molecule has 1 heterocycles. The molecule has 0 atom stereocenters. The van der Waals surface area contributed by atoms with Crippen LogP contribution in [0, 0.1) is 6.92 Å². The average Bonchev–Trinajstić information content (AvgIpc) is 2.97. The number of amides is 1. The Hall–Kier alpha value is -4.55. The van der Waals surface area contributed by atoms with Gasteiger partial charge in [-0.15, -0.1) is 0 Å². The van der Waals surface area contributed by atoms with Crippen molar-refractivity contribution in [3.05, 3.63) is 114 Å². The smallest absolute Gasteiger partial charge is 0.255 e. The number of hydrogen-bond donors (Lipinski definition) is 2. The molecular formula is C34H35N5O. The van der Waals surface area contributed by atoms with Crippen LogP contribution in [0.25, 0.3) is 22.2 Å². The molecule has 2 N–H and O–H groups in total. The molecule has 0 unspecified atom stereocenters. The number of nitrogens with zero attached hydrogens (tertiary/aromatic N) is 3. The van der Waals surface area contributed by atoms with Gasteiger partial charge in [0.2, 0.25) is 5.95 Å². The highest BCUT2D eigenvalue weighted by Crippen LogP contribution is 2.28. The Morgan fingerprint density at radius 3 is 2.30 bits per heavy atom. The van der Waals surface area contributed by atoms with E-state index in [0.29, 0.717) is 17.6 Å². The fourth-order valence-corrected chi connectivity index (χ4v) is 4.84. The summed E-state index contributed by atoms with van der Waals surface area (Å²) >= 11 is 0. The zero-order chi connectivity index (χ0) is 28.1. The number of aryl methyl sites for hydroxylation is 1. The van der Waals surface area contributed by atoms with Crippen LogP contribution in [0.1, 0.15) is 42.3 Å². The average molecular weight is 530 g/mol. The molecular weight excluding hydrogens is 494 g/mol. The molecule has 0 radical (unpaired) electrons. The van der Waals surface area contributed by atoms with Gasteiger partial charge in [0.25, 0.3) is 5.91 Å². The van der Waals surface area contributed by atoms with Gasteiger partial charge in [-0.1, -0.05) is 67.6 Å². The molecule has 6 heteroatoms. The second-order valence-electron chi connectivity index (χ2n) is 10.2. The highest BCUT2D eigenvalue weighted by molar-refractivity contribution is 6.04. The van der Waals surface area contributed by atoms with E-state index in [2.05, 4.69) is 48.4 Å². The minimum Gasteiger partial charge on any atom is -0.324 e. The van der Waals surface area contributed by atoms with Crippen molar-refractivity contribution >= 4 is 34.1 Å². The third-order valence-corrected chi connectivity index (χ3v) is 7.11. The lowest BCUT2D eigenvalue weighted by molar-refractivity contribution is 0.102. The van der Waals surface area contributed by atoms with Gasteiger partial charge < -0.3 is 10.6 Å². The van der Waals surface area contributed by atoms with E-state index in [0.717, 1.165) is 52.2 Å². The van der Waals surface area contributed by atoms with Crippen molar-refractivity contribution in [3.8, 4) is 11.3 Å². The number of benzene rings is 4. The predicted octanol–water partition coefficient (Wildman–Crippen LogP) is 7.83. The van der Waals surface area contributed by atoms with E-state index in [4.69, 9.17) is 9.97 Å². The van der Waals surface area contributed by atoms with Crippen molar-refractivity contribution in [2.45, 2.75) is 40.3 Å². The Balaban J connectivity index is 1.30. The third kappa shape index (κ3) is 6.19. The van der Waals surface area contributed by atoms with Gasteiger partial charge in [0.05, 0.1) is 11.2 Å². The summed E-state index contributed by atoms with van der Waals surface area (Å²) < 4.78 is 0.